The number of aromatic nitrogens is 1. The number of carbonyl (C=O) groups excluding carboxylic acids is 1. The molecule has 0 aliphatic heterocycles. The van der Waals surface area contributed by atoms with Crippen LogP contribution in [0.1, 0.15) is 21.6 Å². The summed E-state index contributed by atoms with van der Waals surface area (Å²) in [5.41, 5.74) is 1.76. The van der Waals surface area contributed by atoms with Gasteiger partial charge in [-0.3, -0.25) is 14.9 Å². The number of hydrogen-bond donors (Lipinski definition) is 1. The number of benzene rings is 1. The summed E-state index contributed by atoms with van der Waals surface area (Å²) in [5, 5.41) is 13.5. The van der Waals surface area contributed by atoms with E-state index in [0.717, 1.165) is 5.69 Å². The number of nitro benzene ring substituents is 1. The summed E-state index contributed by atoms with van der Waals surface area (Å²) >= 11 is 0. The highest BCUT2D eigenvalue weighted by atomic mass is 16.6. The molecule has 0 aliphatic rings. The molecular formula is C14H14N3O3+. The highest BCUT2D eigenvalue weighted by Gasteiger charge is 2.14. The van der Waals surface area contributed by atoms with E-state index in [1.54, 1.807) is 13.1 Å². The third kappa shape index (κ3) is 3.17. The molecule has 0 spiro atoms. The SMILES string of the molecule is Cc1cc(C(=O)NCc2cccc[nH+]2)ccc1[N+](=O)[O-]. The minimum Gasteiger partial charge on any atom is -0.342 e. The molecule has 20 heavy (non-hydrogen) atoms. The number of carbonyl (C=O) groups is 1. The van der Waals surface area contributed by atoms with Crippen molar-refractivity contribution >= 4 is 11.6 Å². The number of nitro groups is 1. The number of nitrogens with zero attached hydrogens (tertiary/aromatic N) is 1. The largest absolute Gasteiger partial charge is 0.342 e. The van der Waals surface area contributed by atoms with E-state index < -0.39 is 4.92 Å². The van der Waals surface area contributed by atoms with Gasteiger partial charge in [0.15, 0.2) is 11.9 Å². The van der Waals surface area contributed by atoms with Crippen molar-refractivity contribution in [3.63, 3.8) is 0 Å². The second-order valence-electron chi connectivity index (χ2n) is 4.33. The quantitative estimate of drug-likeness (QED) is 0.678. The molecule has 0 bridgehead atoms. The molecule has 2 rings (SSSR count). The minimum absolute atomic E-state index is 0.0120. The van der Waals surface area contributed by atoms with Gasteiger partial charge >= 0.3 is 0 Å². The summed E-state index contributed by atoms with van der Waals surface area (Å²) in [7, 11) is 0. The highest BCUT2D eigenvalue weighted by Crippen LogP contribution is 2.18. The summed E-state index contributed by atoms with van der Waals surface area (Å²) in [4.78, 5) is 25.2. The molecule has 6 heteroatoms. The number of aryl methyl sites for hydroxylation is 1. The standard InChI is InChI=1S/C14H13N3O3/c1-10-8-11(5-6-13(10)17(19)20)14(18)16-9-12-4-2-3-7-15-12/h2-8H,9H2,1H3,(H,16,18)/p+1. The molecule has 0 fully saturated rings. The van der Waals surface area contributed by atoms with E-state index in [-0.39, 0.29) is 11.6 Å². The van der Waals surface area contributed by atoms with Crippen LogP contribution < -0.4 is 10.3 Å². The van der Waals surface area contributed by atoms with Crippen LogP contribution in [0.15, 0.2) is 42.6 Å². The number of nitrogens with one attached hydrogen (secondary N) is 2. The molecule has 0 unspecified atom stereocenters. The van der Waals surface area contributed by atoms with Gasteiger partial charge in [0.05, 0.1) is 4.92 Å². The van der Waals surface area contributed by atoms with E-state index in [2.05, 4.69) is 10.3 Å². The lowest BCUT2D eigenvalue weighted by molar-refractivity contribution is -0.390. The van der Waals surface area contributed by atoms with Gasteiger partial charge in [-0.25, -0.2) is 4.98 Å². The molecule has 0 radical (unpaired) electrons. The van der Waals surface area contributed by atoms with Crippen molar-refractivity contribution in [1.29, 1.82) is 0 Å². The predicted molar refractivity (Wildman–Crippen MR) is 72.0 cm³/mol. The summed E-state index contributed by atoms with van der Waals surface area (Å²) in [5.74, 6) is -0.264. The van der Waals surface area contributed by atoms with Crippen molar-refractivity contribution in [3.8, 4) is 0 Å². The topological polar surface area (TPSA) is 86.4 Å². The third-order valence-electron chi connectivity index (χ3n) is 2.87. The van der Waals surface area contributed by atoms with E-state index in [1.807, 2.05) is 18.2 Å². The lowest BCUT2D eigenvalue weighted by Gasteiger charge is -2.04. The van der Waals surface area contributed by atoms with Crippen molar-refractivity contribution in [2.75, 3.05) is 0 Å². The van der Waals surface area contributed by atoms with Crippen LogP contribution in [0.4, 0.5) is 5.69 Å². The maximum Gasteiger partial charge on any atom is 0.272 e. The Hall–Kier alpha value is -2.76. The monoisotopic (exact) mass is 272 g/mol. The first-order valence-corrected chi connectivity index (χ1v) is 6.07. The lowest BCUT2D eigenvalue weighted by Crippen LogP contribution is -2.26. The van der Waals surface area contributed by atoms with Crippen molar-refractivity contribution in [2.24, 2.45) is 0 Å². The van der Waals surface area contributed by atoms with Gasteiger partial charge in [0.2, 0.25) is 0 Å². The molecule has 1 aromatic heterocycles. The van der Waals surface area contributed by atoms with E-state index >= 15 is 0 Å². The van der Waals surface area contributed by atoms with Gasteiger partial charge in [0, 0.05) is 29.3 Å². The van der Waals surface area contributed by atoms with Crippen LogP contribution >= 0.6 is 0 Å². The molecular weight excluding hydrogens is 258 g/mol. The molecule has 0 aliphatic carbocycles. The fourth-order valence-electron chi connectivity index (χ4n) is 1.82. The summed E-state index contributed by atoms with van der Waals surface area (Å²) in [6.07, 6.45) is 1.78. The second kappa shape index (κ2) is 5.92. The fourth-order valence-corrected chi connectivity index (χ4v) is 1.82. The normalized spacial score (nSPS) is 10.1. The zero-order valence-corrected chi connectivity index (χ0v) is 10.9. The third-order valence-corrected chi connectivity index (χ3v) is 2.87. The average Bonchev–Trinajstić information content (AvgIpc) is 2.45. The Morgan fingerprint density at radius 2 is 2.15 bits per heavy atom. The van der Waals surface area contributed by atoms with Gasteiger partial charge < -0.3 is 5.32 Å². The smallest absolute Gasteiger partial charge is 0.272 e. The van der Waals surface area contributed by atoms with Gasteiger partial charge in [-0.2, -0.15) is 0 Å². The number of H-pyrrole nitrogens is 1. The van der Waals surface area contributed by atoms with Gasteiger partial charge in [0.25, 0.3) is 11.6 Å². The Kier molecular flexibility index (Phi) is 4.05. The van der Waals surface area contributed by atoms with Crippen LogP contribution in [0.3, 0.4) is 0 Å². The van der Waals surface area contributed by atoms with Gasteiger partial charge in [0.1, 0.15) is 6.54 Å². The number of pyridine rings is 1. The number of amides is 1. The summed E-state index contributed by atoms with van der Waals surface area (Å²) in [6, 6.07) is 9.90. The maximum absolute atomic E-state index is 12.0. The van der Waals surface area contributed by atoms with Crippen molar-refractivity contribution < 1.29 is 14.7 Å². The number of hydrogen-bond acceptors (Lipinski definition) is 3. The van der Waals surface area contributed by atoms with Crippen LogP contribution in [0.25, 0.3) is 0 Å². The van der Waals surface area contributed by atoms with E-state index in [4.69, 9.17) is 0 Å². The van der Waals surface area contributed by atoms with Gasteiger partial charge in [-0.1, -0.05) is 6.07 Å². The molecule has 6 nitrogen and oxygen atoms in total. The van der Waals surface area contributed by atoms with Crippen LogP contribution in [-0.2, 0) is 6.54 Å². The Morgan fingerprint density at radius 3 is 2.75 bits per heavy atom. The lowest BCUT2D eigenvalue weighted by atomic mass is 10.1. The van der Waals surface area contributed by atoms with Crippen LogP contribution in [0, 0.1) is 17.0 Å². The Balaban J connectivity index is 2.06. The van der Waals surface area contributed by atoms with Gasteiger partial charge in [-0.05, 0) is 19.1 Å². The van der Waals surface area contributed by atoms with Crippen LogP contribution in [0.5, 0.6) is 0 Å². The van der Waals surface area contributed by atoms with Gasteiger partial charge in [-0.15, -0.1) is 0 Å². The summed E-state index contributed by atoms with van der Waals surface area (Å²) in [6.45, 7) is 1.98. The first-order chi connectivity index (χ1) is 9.58. The van der Waals surface area contributed by atoms with Crippen molar-refractivity contribution in [2.45, 2.75) is 13.5 Å². The molecule has 0 atom stereocenters. The Morgan fingerprint density at radius 1 is 1.35 bits per heavy atom. The first-order valence-electron chi connectivity index (χ1n) is 6.07. The van der Waals surface area contributed by atoms with Crippen molar-refractivity contribution in [3.05, 3.63) is 69.5 Å². The highest BCUT2D eigenvalue weighted by molar-refractivity contribution is 5.94. The first kappa shape index (κ1) is 13.7. The Bertz CT molecular complexity index is 641. The molecule has 0 saturated heterocycles. The summed E-state index contributed by atoms with van der Waals surface area (Å²) < 4.78 is 0. The Labute approximate surface area is 115 Å². The predicted octanol–water partition coefficient (Wildman–Crippen LogP) is 1.65. The minimum atomic E-state index is -0.462. The van der Waals surface area contributed by atoms with E-state index in [9.17, 15) is 14.9 Å². The molecule has 1 amide bonds. The molecule has 2 aromatic rings. The van der Waals surface area contributed by atoms with Crippen LogP contribution in [-0.4, -0.2) is 10.8 Å². The molecule has 102 valence electrons. The number of rotatable bonds is 4. The van der Waals surface area contributed by atoms with Crippen LogP contribution in [0.2, 0.25) is 0 Å². The average molecular weight is 272 g/mol. The fraction of sp³-hybridized carbons (Fsp3) is 0.143. The molecule has 0 saturated carbocycles. The molecule has 2 N–H and O–H groups in total. The van der Waals surface area contributed by atoms with Crippen molar-refractivity contribution in [1.82, 2.24) is 5.32 Å². The maximum atomic E-state index is 12.0. The molecule has 1 aromatic carbocycles. The molecule has 1 heterocycles. The second-order valence-corrected chi connectivity index (χ2v) is 4.33. The zero-order chi connectivity index (χ0) is 14.5. The van der Waals surface area contributed by atoms with E-state index in [0.29, 0.717) is 17.7 Å². The zero-order valence-electron chi connectivity index (χ0n) is 10.9. The van der Waals surface area contributed by atoms with E-state index in [1.165, 1.54) is 18.2 Å². The number of aromatic amines is 1.